The van der Waals surface area contributed by atoms with Gasteiger partial charge in [-0.1, -0.05) is 0 Å². The highest BCUT2D eigenvalue weighted by molar-refractivity contribution is 7.92. The number of halogens is 1. The predicted molar refractivity (Wildman–Crippen MR) is 70.6 cm³/mol. The molecule has 1 amide bonds. The second-order valence-electron chi connectivity index (χ2n) is 4.14. The van der Waals surface area contributed by atoms with Crippen LogP contribution in [0.3, 0.4) is 0 Å². The zero-order valence-corrected chi connectivity index (χ0v) is 11.3. The van der Waals surface area contributed by atoms with E-state index in [9.17, 15) is 22.4 Å². The number of carbonyl (C=O) groups is 2. The van der Waals surface area contributed by atoms with Crippen LogP contribution in [0.1, 0.15) is 12.8 Å². The van der Waals surface area contributed by atoms with Crippen LogP contribution in [0.5, 0.6) is 0 Å². The molecule has 2 N–H and O–H groups in total. The summed E-state index contributed by atoms with van der Waals surface area (Å²) in [5.74, 6) is -3.40. The van der Waals surface area contributed by atoms with Crippen molar-refractivity contribution >= 4 is 27.4 Å². The number of rotatable bonds is 7. The van der Waals surface area contributed by atoms with Crippen molar-refractivity contribution in [3.63, 3.8) is 0 Å². The number of carboxylic acid groups (broad SMARTS) is 1. The Morgan fingerprint density at radius 1 is 1.20 bits per heavy atom. The normalized spacial score (nSPS) is 11.1. The largest absolute Gasteiger partial charge is 0.481 e. The van der Waals surface area contributed by atoms with Crippen LogP contribution in [0, 0.1) is 5.82 Å². The lowest BCUT2D eigenvalue weighted by atomic mass is 10.3. The van der Waals surface area contributed by atoms with Gasteiger partial charge in [-0.05, 0) is 30.7 Å². The van der Waals surface area contributed by atoms with Crippen LogP contribution in [0.2, 0.25) is 0 Å². The minimum atomic E-state index is -3.65. The first-order valence-corrected chi connectivity index (χ1v) is 7.58. The fourth-order valence-electron chi connectivity index (χ4n) is 1.45. The number of amides is 1. The maximum atomic E-state index is 12.6. The van der Waals surface area contributed by atoms with Gasteiger partial charge in [-0.15, -0.1) is 0 Å². The summed E-state index contributed by atoms with van der Waals surface area (Å²) in [5, 5.41) is 10.7. The second-order valence-corrected chi connectivity index (χ2v) is 6.33. The Labute approximate surface area is 115 Å². The van der Waals surface area contributed by atoms with Crippen LogP contribution in [-0.4, -0.2) is 36.9 Å². The highest BCUT2D eigenvalue weighted by Crippen LogP contribution is 2.08. The summed E-state index contributed by atoms with van der Waals surface area (Å²) < 4.78 is 35.7. The van der Waals surface area contributed by atoms with Crippen LogP contribution in [-0.2, 0) is 19.4 Å². The molecule has 6 nitrogen and oxygen atoms in total. The third kappa shape index (κ3) is 6.28. The number of nitrogens with one attached hydrogen (secondary N) is 1. The number of sulfone groups is 1. The minimum absolute atomic E-state index is 0.0402. The molecular weight excluding hydrogens is 289 g/mol. The molecule has 0 aliphatic heterocycles. The monoisotopic (exact) mass is 303 g/mol. The van der Waals surface area contributed by atoms with Gasteiger partial charge in [0.25, 0.3) is 0 Å². The molecule has 110 valence electrons. The highest BCUT2D eigenvalue weighted by atomic mass is 32.2. The molecular formula is C12H14FNO5S. The third-order valence-corrected chi connectivity index (χ3v) is 3.94. The van der Waals surface area contributed by atoms with Gasteiger partial charge >= 0.3 is 5.97 Å². The van der Waals surface area contributed by atoms with Gasteiger partial charge in [-0.3, -0.25) is 9.59 Å². The van der Waals surface area contributed by atoms with Crippen molar-refractivity contribution in [2.24, 2.45) is 0 Å². The van der Waals surface area contributed by atoms with Gasteiger partial charge < -0.3 is 10.4 Å². The average molecular weight is 303 g/mol. The lowest BCUT2D eigenvalue weighted by Gasteiger charge is -2.06. The highest BCUT2D eigenvalue weighted by Gasteiger charge is 2.17. The lowest BCUT2D eigenvalue weighted by molar-refractivity contribution is -0.137. The summed E-state index contributed by atoms with van der Waals surface area (Å²) in [4.78, 5) is 21.8. The van der Waals surface area contributed by atoms with E-state index in [2.05, 4.69) is 5.32 Å². The van der Waals surface area contributed by atoms with Crippen LogP contribution >= 0.6 is 0 Å². The molecule has 0 fully saturated rings. The van der Waals surface area contributed by atoms with Crippen LogP contribution < -0.4 is 5.32 Å². The van der Waals surface area contributed by atoms with Crippen LogP contribution in [0.25, 0.3) is 0 Å². The molecule has 0 aromatic heterocycles. The van der Waals surface area contributed by atoms with Crippen molar-refractivity contribution in [3.8, 4) is 0 Å². The standard InChI is InChI=1S/C12H14FNO5S/c13-9-3-5-10(6-4-9)14-11(15)8-20(18,19)7-1-2-12(16)17/h3-6H,1-2,7-8H2,(H,14,15)(H,16,17). The van der Waals surface area contributed by atoms with E-state index < -0.39 is 33.3 Å². The van der Waals surface area contributed by atoms with Crippen LogP contribution in [0.4, 0.5) is 10.1 Å². The zero-order valence-electron chi connectivity index (χ0n) is 10.5. The van der Waals surface area contributed by atoms with Crippen molar-refractivity contribution in [2.75, 3.05) is 16.8 Å². The Bertz CT molecular complexity index is 582. The van der Waals surface area contributed by atoms with E-state index in [0.717, 1.165) is 12.1 Å². The van der Waals surface area contributed by atoms with Gasteiger partial charge in [0.15, 0.2) is 9.84 Å². The maximum Gasteiger partial charge on any atom is 0.303 e. The zero-order chi connectivity index (χ0) is 15.2. The van der Waals surface area contributed by atoms with Gasteiger partial charge in [-0.2, -0.15) is 0 Å². The maximum absolute atomic E-state index is 12.6. The van der Waals surface area contributed by atoms with Gasteiger partial charge in [0, 0.05) is 12.1 Å². The molecule has 0 atom stereocenters. The molecule has 1 aromatic rings. The summed E-state index contributed by atoms with van der Waals surface area (Å²) in [5.41, 5.74) is 0.289. The molecule has 8 heteroatoms. The molecule has 0 heterocycles. The molecule has 0 bridgehead atoms. The van der Waals surface area contributed by atoms with Gasteiger partial charge in [0.05, 0.1) is 5.75 Å². The first-order valence-electron chi connectivity index (χ1n) is 5.76. The summed E-state index contributed by atoms with van der Waals surface area (Å²) in [6.07, 6.45) is -0.305. The quantitative estimate of drug-likeness (QED) is 0.784. The topological polar surface area (TPSA) is 101 Å². The summed E-state index contributed by atoms with van der Waals surface area (Å²) in [6.45, 7) is 0. The molecule has 0 aliphatic carbocycles. The fraction of sp³-hybridized carbons (Fsp3) is 0.333. The first-order chi connectivity index (χ1) is 9.28. The van der Waals surface area contributed by atoms with Gasteiger partial charge in [-0.25, -0.2) is 12.8 Å². The van der Waals surface area contributed by atoms with Crippen molar-refractivity contribution < 1.29 is 27.5 Å². The summed E-state index contributed by atoms with van der Waals surface area (Å²) in [7, 11) is -3.65. The predicted octanol–water partition coefficient (Wildman–Crippen LogP) is 1.04. The Hall–Kier alpha value is -1.96. The van der Waals surface area contributed by atoms with Crippen molar-refractivity contribution in [3.05, 3.63) is 30.1 Å². The Morgan fingerprint density at radius 3 is 2.35 bits per heavy atom. The van der Waals surface area contributed by atoms with Crippen LogP contribution in [0.15, 0.2) is 24.3 Å². The van der Waals surface area contributed by atoms with E-state index in [1.807, 2.05) is 0 Å². The van der Waals surface area contributed by atoms with E-state index in [1.165, 1.54) is 12.1 Å². The first kappa shape index (κ1) is 16.1. The molecule has 0 unspecified atom stereocenters. The Balaban J connectivity index is 2.48. The third-order valence-electron chi connectivity index (χ3n) is 2.32. The number of aliphatic carboxylic acids is 1. The van der Waals surface area contributed by atoms with Gasteiger partial charge in [0.2, 0.25) is 5.91 Å². The average Bonchev–Trinajstić information content (AvgIpc) is 2.30. The second kappa shape index (κ2) is 6.99. The molecule has 20 heavy (non-hydrogen) atoms. The molecule has 0 spiro atoms. The lowest BCUT2D eigenvalue weighted by Crippen LogP contribution is -2.25. The van der Waals surface area contributed by atoms with Crippen molar-refractivity contribution in [2.45, 2.75) is 12.8 Å². The smallest absolute Gasteiger partial charge is 0.303 e. The van der Waals surface area contributed by atoms with Crippen molar-refractivity contribution in [1.29, 1.82) is 0 Å². The number of hydrogen-bond donors (Lipinski definition) is 2. The summed E-state index contributed by atoms with van der Waals surface area (Å²) in [6, 6.07) is 4.89. The SMILES string of the molecule is O=C(O)CCCS(=O)(=O)CC(=O)Nc1ccc(F)cc1. The molecule has 0 saturated carbocycles. The molecule has 0 saturated heterocycles. The number of benzene rings is 1. The van der Waals surface area contributed by atoms with E-state index in [1.54, 1.807) is 0 Å². The number of carbonyl (C=O) groups excluding carboxylic acids is 1. The van der Waals surface area contributed by atoms with Gasteiger partial charge in [0.1, 0.15) is 11.6 Å². The van der Waals surface area contributed by atoms with E-state index in [-0.39, 0.29) is 24.3 Å². The number of hydrogen-bond acceptors (Lipinski definition) is 4. The molecule has 0 aliphatic rings. The molecule has 0 radical (unpaired) electrons. The van der Waals surface area contributed by atoms with E-state index in [4.69, 9.17) is 5.11 Å². The minimum Gasteiger partial charge on any atom is -0.481 e. The van der Waals surface area contributed by atoms with Crippen molar-refractivity contribution in [1.82, 2.24) is 0 Å². The van der Waals surface area contributed by atoms with E-state index in [0.29, 0.717) is 0 Å². The summed E-state index contributed by atoms with van der Waals surface area (Å²) >= 11 is 0. The van der Waals surface area contributed by atoms with E-state index >= 15 is 0 Å². The fourth-order valence-corrected chi connectivity index (χ4v) is 2.65. The Kier molecular flexibility index (Phi) is 5.63. The Morgan fingerprint density at radius 2 is 1.80 bits per heavy atom. The molecule has 1 rings (SSSR count). The number of carboxylic acids is 1. The number of anilines is 1. The molecule has 1 aromatic carbocycles.